The van der Waals surface area contributed by atoms with E-state index in [4.69, 9.17) is 4.42 Å². The van der Waals surface area contributed by atoms with Crippen LogP contribution < -0.4 is 5.32 Å². The van der Waals surface area contributed by atoms with Gasteiger partial charge in [-0.25, -0.2) is 0 Å². The molecule has 1 heterocycles. The molecule has 1 aromatic heterocycles. The smallest absolute Gasteiger partial charge is 0.134 e. The molecule has 19 heavy (non-hydrogen) atoms. The van der Waals surface area contributed by atoms with Gasteiger partial charge in [0.1, 0.15) is 11.3 Å². The summed E-state index contributed by atoms with van der Waals surface area (Å²) in [6.07, 6.45) is 6.61. The van der Waals surface area contributed by atoms with Gasteiger partial charge in [0.05, 0.1) is 0 Å². The summed E-state index contributed by atoms with van der Waals surface area (Å²) >= 11 is 0. The van der Waals surface area contributed by atoms with Gasteiger partial charge in [-0.05, 0) is 31.4 Å². The van der Waals surface area contributed by atoms with Gasteiger partial charge in [-0.2, -0.15) is 0 Å². The summed E-state index contributed by atoms with van der Waals surface area (Å²) in [5.74, 6) is 2.03. The van der Waals surface area contributed by atoms with Crippen molar-refractivity contribution in [3.63, 3.8) is 0 Å². The number of nitrogens with one attached hydrogen (secondary N) is 1. The highest BCUT2D eigenvalue weighted by Gasteiger charge is 2.16. The molecule has 2 aromatic rings. The van der Waals surface area contributed by atoms with Gasteiger partial charge >= 0.3 is 0 Å². The second-order valence-electron chi connectivity index (χ2n) is 5.63. The number of furan rings is 1. The third-order valence-electron chi connectivity index (χ3n) is 4.31. The maximum absolute atomic E-state index is 5.93. The molecule has 0 atom stereocenters. The van der Waals surface area contributed by atoms with Crippen LogP contribution in [0.25, 0.3) is 11.0 Å². The minimum Gasteiger partial charge on any atom is -0.461 e. The Morgan fingerprint density at radius 1 is 1.21 bits per heavy atom. The molecule has 0 radical (unpaired) electrons. The summed E-state index contributed by atoms with van der Waals surface area (Å²) in [5, 5.41) is 4.91. The molecule has 1 aromatic carbocycles. The van der Waals surface area contributed by atoms with Crippen LogP contribution in [0.1, 0.15) is 43.9 Å². The summed E-state index contributed by atoms with van der Waals surface area (Å²) in [6, 6.07) is 8.37. The minimum atomic E-state index is 0.892. The van der Waals surface area contributed by atoms with E-state index >= 15 is 0 Å². The van der Waals surface area contributed by atoms with Gasteiger partial charge in [-0.15, -0.1) is 0 Å². The number of rotatable bonds is 5. The monoisotopic (exact) mass is 257 g/mol. The molecule has 0 unspecified atom stereocenters. The zero-order chi connectivity index (χ0) is 13.1. The Kier molecular flexibility index (Phi) is 3.88. The quantitative estimate of drug-likeness (QED) is 0.865. The molecule has 0 aliphatic heterocycles. The minimum absolute atomic E-state index is 0.892. The Labute approximate surface area is 115 Å². The maximum atomic E-state index is 5.93. The molecule has 2 nitrogen and oxygen atoms in total. The standard InChI is InChI=1S/C17H23NO/c1-2-16-15(12-18-11-13-7-3-4-8-13)14-9-5-6-10-17(14)19-16/h5-6,9-10,13,18H,2-4,7-8,11-12H2,1H3. The molecule has 1 N–H and O–H groups in total. The molecule has 1 fully saturated rings. The maximum Gasteiger partial charge on any atom is 0.134 e. The molecule has 0 spiro atoms. The highest BCUT2D eigenvalue weighted by Crippen LogP contribution is 2.27. The lowest BCUT2D eigenvalue weighted by Crippen LogP contribution is -2.21. The number of hydrogen-bond acceptors (Lipinski definition) is 2. The lowest BCUT2D eigenvalue weighted by Gasteiger charge is -2.10. The van der Waals surface area contributed by atoms with E-state index < -0.39 is 0 Å². The van der Waals surface area contributed by atoms with Gasteiger partial charge in [0, 0.05) is 23.9 Å². The first-order chi connectivity index (χ1) is 9.38. The van der Waals surface area contributed by atoms with Gasteiger partial charge in [-0.1, -0.05) is 38.0 Å². The number of aryl methyl sites for hydroxylation is 1. The van der Waals surface area contributed by atoms with Crippen LogP contribution >= 0.6 is 0 Å². The first-order valence-electron chi connectivity index (χ1n) is 7.58. The van der Waals surface area contributed by atoms with Crippen molar-refractivity contribution in [2.45, 2.75) is 45.6 Å². The highest BCUT2D eigenvalue weighted by atomic mass is 16.3. The first-order valence-corrected chi connectivity index (χ1v) is 7.58. The molecule has 1 aliphatic rings. The van der Waals surface area contributed by atoms with Gasteiger partial charge < -0.3 is 9.73 Å². The van der Waals surface area contributed by atoms with Crippen molar-refractivity contribution >= 4 is 11.0 Å². The summed E-state index contributed by atoms with van der Waals surface area (Å²) in [4.78, 5) is 0. The fourth-order valence-electron chi connectivity index (χ4n) is 3.24. The van der Waals surface area contributed by atoms with Gasteiger partial charge in [0.25, 0.3) is 0 Å². The SMILES string of the molecule is CCc1oc2ccccc2c1CNCC1CCCC1. The second kappa shape index (κ2) is 5.79. The summed E-state index contributed by atoms with van der Waals surface area (Å²) < 4.78 is 5.93. The molecular formula is C17H23NO. The molecule has 2 heteroatoms. The Balaban J connectivity index is 1.71. The van der Waals surface area contributed by atoms with Crippen LogP contribution in [0.5, 0.6) is 0 Å². The Bertz CT molecular complexity index is 537. The van der Waals surface area contributed by atoms with Crippen molar-refractivity contribution in [3.05, 3.63) is 35.6 Å². The molecule has 1 aliphatic carbocycles. The van der Waals surface area contributed by atoms with Crippen LogP contribution in [-0.2, 0) is 13.0 Å². The average molecular weight is 257 g/mol. The van der Waals surface area contributed by atoms with E-state index in [1.165, 1.54) is 36.6 Å². The van der Waals surface area contributed by atoms with Crippen molar-refractivity contribution in [1.82, 2.24) is 5.32 Å². The summed E-state index contributed by atoms with van der Waals surface area (Å²) in [7, 11) is 0. The first kappa shape index (κ1) is 12.7. The number of hydrogen-bond donors (Lipinski definition) is 1. The van der Waals surface area contributed by atoms with E-state index in [0.717, 1.165) is 36.8 Å². The molecule has 0 bridgehead atoms. The Morgan fingerprint density at radius 2 is 2.00 bits per heavy atom. The van der Waals surface area contributed by atoms with Crippen molar-refractivity contribution in [2.75, 3.05) is 6.54 Å². The lowest BCUT2D eigenvalue weighted by atomic mass is 10.1. The van der Waals surface area contributed by atoms with E-state index in [-0.39, 0.29) is 0 Å². The Hall–Kier alpha value is -1.28. The fraction of sp³-hybridized carbons (Fsp3) is 0.529. The fourth-order valence-corrected chi connectivity index (χ4v) is 3.24. The van der Waals surface area contributed by atoms with E-state index in [9.17, 15) is 0 Å². The van der Waals surface area contributed by atoms with Gasteiger partial charge in [-0.3, -0.25) is 0 Å². The molecule has 102 valence electrons. The third-order valence-corrected chi connectivity index (χ3v) is 4.31. The van der Waals surface area contributed by atoms with Crippen LogP contribution in [0.4, 0.5) is 0 Å². The van der Waals surface area contributed by atoms with Crippen LogP contribution in [0, 0.1) is 5.92 Å². The van der Waals surface area contributed by atoms with Crippen molar-refractivity contribution < 1.29 is 4.42 Å². The van der Waals surface area contributed by atoms with Crippen LogP contribution in [0.3, 0.4) is 0 Å². The van der Waals surface area contributed by atoms with Crippen molar-refractivity contribution in [1.29, 1.82) is 0 Å². The number of para-hydroxylation sites is 1. The lowest BCUT2D eigenvalue weighted by molar-refractivity contribution is 0.483. The van der Waals surface area contributed by atoms with Crippen LogP contribution in [0.15, 0.2) is 28.7 Å². The summed E-state index contributed by atoms with van der Waals surface area (Å²) in [5.41, 5.74) is 2.38. The Morgan fingerprint density at radius 3 is 2.79 bits per heavy atom. The molecule has 0 saturated heterocycles. The molecule has 0 amide bonds. The van der Waals surface area contributed by atoms with Gasteiger partial charge in [0.15, 0.2) is 0 Å². The van der Waals surface area contributed by atoms with Crippen molar-refractivity contribution in [3.8, 4) is 0 Å². The van der Waals surface area contributed by atoms with Crippen molar-refractivity contribution in [2.24, 2.45) is 5.92 Å². The van der Waals surface area contributed by atoms with E-state index in [2.05, 4.69) is 30.4 Å². The molecular weight excluding hydrogens is 234 g/mol. The van der Waals surface area contributed by atoms with Gasteiger partial charge in [0.2, 0.25) is 0 Å². The average Bonchev–Trinajstić information content (AvgIpc) is 3.06. The van der Waals surface area contributed by atoms with E-state index in [1.54, 1.807) is 0 Å². The largest absolute Gasteiger partial charge is 0.461 e. The predicted molar refractivity (Wildman–Crippen MR) is 79.3 cm³/mol. The summed E-state index contributed by atoms with van der Waals surface area (Å²) in [6.45, 7) is 4.26. The number of fused-ring (bicyclic) bond motifs is 1. The normalized spacial score (nSPS) is 16.5. The number of benzene rings is 1. The zero-order valence-corrected chi connectivity index (χ0v) is 11.7. The van der Waals surface area contributed by atoms with Crippen LogP contribution in [0.2, 0.25) is 0 Å². The third kappa shape index (κ3) is 2.69. The predicted octanol–water partition coefficient (Wildman–Crippen LogP) is 4.28. The van der Waals surface area contributed by atoms with E-state index in [0.29, 0.717) is 0 Å². The highest BCUT2D eigenvalue weighted by molar-refractivity contribution is 5.82. The topological polar surface area (TPSA) is 25.2 Å². The second-order valence-corrected chi connectivity index (χ2v) is 5.63. The molecule has 1 saturated carbocycles. The molecule has 3 rings (SSSR count). The zero-order valence-electron chi connectivity index (χ0n) is 11.7. The van der Waals surface area contributed by atoms with E-state index in [1.807, 2.05) is 6.07 Å². The van der Waals surface area contributed by atoms with Crippen LogP contribution in [-0.4, -0.2) is 6.54 Å².